The van der Waals surface area contributed by atoms with E-state index in [0.29, 0.717) is 19.3 Å². The molecule has 6 heteroatoms. The molecule has 0 saturated carbocycles. The Labute approximate surface area is 515 Å². The van der Waals surface area contributed by atoms with Crippen LogP contribution in [0.15, 0.2) is 97.2 Å². The number of carbonyl (C=O) groups is 3. The molecule has 0 heterocycles. The third-order valence-electron chi connectivity index (χ3n) is 15.6. The van der Waals surface area contributed by atoms with E-state index in [1.165, 1.54) is 193 Å². The molecule has 0 amide bonds. The molecule has 0 rings (SSSR count). The average molecular weight is 1160 g/mol. The number of hydrogen-bond acceptors (Lipinski definition) is 6. The summed E-state index contributed by atoms with van der Waals surface area (Å²) in [5.74, 6) is -0.922. The number of ether oxygens (including phenoxy) is 3. The number of rotatable bonds is 65. The molecule has 0 N–H and O–H groups in total. The average Bonchev–Trinajstić information content (AvgIpc) is 3.49. The third-order valence-corrected chi connectivity index (χ3v) is 15.6. The Morgan fingerprint density at radius 2 is 0.470 bits per heavy atom. The van der Waals surface area contributed by atoms with Crippen molar-refractivity contribution in [3.63, 3.8) is 0 Å². The molecule has 0 radical (unpaired) electrons. The molecule has 0 aliphatic rings. The van der Waals surface area contributed by atoms with Crippen LogP contribution in [0.4, 0.5) is 0 Å². The summed E-state index contributed by atoms with van der Waals surface area (Å²) in [5.41, 5.74) is 0. The second kappa shape index (κ2) is 70.8. The summed E-state index contributed by atoms with van der Waals surface area (Å²) < 4.78 is 16.9. The second-order valence-electron chi connectivity index (χ2n) is 23.7. The van der Waals surface area contributed by atoms with Gasteiger partial charge in [-0.1, -0.05) is 317 Å². The maximum absolute atomic E-state index is 12.9. The number of esters is 3. The highest BCUT2D eigenvalue weighted by atomic mass is 16.6. The van der Waals surface area contributed by atoms with E-state index in [9.17, 15) is 14.4 Å². The van der Waals surface area contributed by atoms with Crippen molar-refractivity contribution in [2.24, 2.45) is 0 Å². The molecule has 0 aromatic carbocycles. The van der Waals surface area contributed by atoms with Gasteiger partial charge in [-0.15, -0.1) is 0 Å². The first-order valence-electron chi connectivity index (χ1n) is 35.7. The third kappa shape index (κ3) is 69.0. The van der Waals surface area contributed by atoms with Crippen LogP contribution in [-0.2, 0) is 28.6 Å². The minimum atomic E-state index is -0.799. The second-order valence-corrected chi connectivity index (χ2v) is 23.7. The van der Waals surface area contributed by atoms with E-state index in [2.05, 4.69) is 118 Å². The molecule has 1 atom stereocenters. The zero-order chi connectivity index (χ0) is 59.9. The highest BCUT2D eigenvalue weighted by molar-refractivity contribution is 5.71. The fourth-order valence-electron chi connectivity index (χ4n) is 10.3. The molecule has 0 aliphatic heterocycles. The van der Waals surface area contributed by atoms with Gasteiger partial charge in [0.2, 0.25) is 0 Å². The molecular weight excluding hydrogens is 1020 g/mol. The van der Waals surface area contributed by atoms with Crippen molar-refractivity contribution in [2.45, 2.75) is 361 Å². The van der Waals surface area contributed by atoms with E-state index < -0.39 is 6.10 Å². The minimum Gasteiger partial charge on any atom is -0.462 e. The SMILES string of the molecule is CC/C=C\C/C=C\C/C=C\C/C=C\CCCCCCCCC(=O)OC(COC(=O)CCCCC/C=C\C/C=C\C/C=C\CC)COC(=O)CCCCCCCCCCCCCCCCCCCCCCC/C=C\CCCCCCCCCC. The molecule has 0 aliphatic carbocycles. The Morgan fingerprint density at radius 3 is 0.759 bits per heavy atom. The van der Waals surface area contributed by atoms with E-state index in [1.54, 1.807) is 0 Å². The van der Waals surface area contributed by atoms with Crippen molar-refractivity contribution in [3.8, 4) is 0 Å². The quantitative estimate of drug-likeness (QED) is 0.0261. The van der Waals surface area contributed by atoms with Crippen molar-refractivity contribution >= 4 is 17.9 Å². The lowest BCUT2D eigenvalue weighted by Gasteiger charge is -2.18. The van der Waals surface area contributed by atoms with Crippen LogP contribution < -0.4 is 0 Å². The highest BCUT2D eigenvalue weighted by Crippen LogP contribution is 2.18. The number of unbranched alkanes of at least 4 members (excludes halogenated alkanes) is 38. The molecule has 83 heavy (non-hydrogen) atoms. The van der Waals surface area contributed by atoms with Crippen molar-refractivity contribution in [2.75, 3.05) is 13.2 Å². The van der Waals surface area contributed by atoms with Gasteiger partial charge in [0.15, 0.2) is 6.10 Å². The van der Waals surface area contributed by atoms with E-state index in [4.69, 9.17) is 14.2 Å². The van der Waals surface area contributed by atoms with Crippen LogP contribution in [0, 0.1) is 0 Å². The zero-order valence-electron chi connectivity index (χ0n) is 54.9. The monoisotopic (exact) mass is 1160 g/mol. The lowest BCUT2D eigenvalue weighted by molar-refractivity contribution is -0.167. The number of hydrogen-bond donors (Lipinski definition) is 0. The zero-order valence-corrected chi connectivity index (χ0v) is 54.9. The van der Waals surface area contributed by atoms with Gasteiger partial charge in [-0.05, 0) is 116 Å². The molecule has 1 unspecified atom stereocenters. The van der Waals surface area contributed by atoms with Gasteiger partial charge in [0.05, 0.1) is 0 Å². The molecule has 0 aromatic rings. The minimum absolute atomic E-state index is 0.0909. The van der Waals surface area contributed by atoms with Gasteiger partial charge in [0.1, 0.15) is 13.2 Å². The van der Waals surface area contributed by atoms with Crippen LogP contribution in [-0.4, -0.2) is 37.2 Å². The fourth-order valence-corrected chi connectivity index (χ4v) is 10.3. The van der Waals surface area contributed by atoms with Gasteiger partial charge in [-0.3, -0.25) is 14.4 Å². The van der Waals surface area contributed by atoms with Crippen molar-refractivity contribution in [1.29, 1.82) is 0 Å². The Bertz CT molecular complexity index is 1610. The molecule has 6 nitrogen and oxygen atoms in total. The first-order chi connectivity index (χ1) is 41.0. The van der Waals surface area contributed by atoms with Gasteiger partial charge >= 0.3 is 17.9 Å². The van der Waals surface area contributed by atoms with Crippen LogP contribution in [0.3, 0.4) is 0 Å². The van der Waals surface area contributed by atoms with Gasteiger partial charge in [-0.2, -0.15) is 0 Å². The Kier molecular flexibility index (Phi) is 67.7. The van der Waals surface area contributed by atoms with E-state index >= 15 is 0 Å². The van der Waals surface area contributed by atoms with Crippen molar-refractivity contribution < 1.29 is 28.6 Å². The van der Waals surface area contributed by atoms with Crippen LogP contribution >= 0.6 is 0 Å². The van der Waals surface area contributed by atoms with Gasteiger partial charge < -0.3 is 14.2 Å². The highest BCUT2D eigenvalue weighted by Gasteiger charge is 2.19. The molecule has 0 saturated heterocycles. The summed E-state index contributed by atoms with van der Waals surface area (Å²) in [7, 11) is 0. The topological polar surface area (TPSA) is 78.9 Å². The summed E-state index contributed by atoms with van der Waals surface area (Å²) in [6, 6.07) is 0. The lowest BCUT2D eigenvalue weighted by atomic mass is 10.0. The van der Waals surface area contributed by atoms with Crippen LogP contribution in [0.5, 0.6) is 0 Å². The van der Waals surface area contributed by atoms with Gasteiger partial charge in [-0.25, -0.2) is 0 Å². The predicted octanol–water partition coefficient (Wildman–Crippen LogP) is 24.8. The Morgan fingerprint density at radius 1 is 0.253 bits per heavy atom. The Hall–Kier alpha value is -3.67. The first kappa shape index (κ1) is 79.3. The standard InChI is InChI=1S/C77H134O6/c1-4-7-10-13-16-19-22-25-27-29-31-32-33-34-35-36-37-38-39-40-41-42-43-44-46-47-49-52-55-58-61-64-67-70-76(79)82-73-74(72-81-75(78)69-66-63-60-57-54-51-24-21-18-15-12-9-6-3)83-77(80)71-68-65-62-59-56-53-50-48-45-30-28-26-23-20-17-14-11-8-5-2/h8-9,11-12,17-18,20-21,26,28-29,31,45,48,51,54,74H,4-7,10,13-16,19,22-25,27,30,32-44,46-47,49-50,52-53,55-73H2,1-3H3/b11-8-,12-9-,20-17-,21-18-,28-26-,31-29-,48-45-,54-51-. The summed E-state index contributed by atoms with van der Waals surface area (Å²) >= 11 is 0. The summed E-state index contributed by atoms with van der Waals surface area (Å²) in [6.07, 6.45) is 96.1. The van der Waals surface area contributed by atoms with Crippen molar-refractivity contribution in [1.82, 2.24) is 0 Å². The number of carbonyl (C=O) groups excluding carboxylic acids is 3. The summed E-state index contributed by atoms with van der Waals surface area (Å²) in [6.45, 7) is 6.41. The maximum atomic E-state index is 12.9. The van der Waals surface area contributed by atoms with Crippen LogP contribution in [0.1, 0.15) is 355 Å². The number of allylic oxidation sites excluding steroid dienone is 16. The molecular formula is C77H134O6. The smallest absolute Gasteiger partial charge is 0.306 e. The largest absolute Gasteiger partial charge is 0.462 e. The van der Waals surface area contributed by atoms with E-state index in [-0.39, 0.29) is 31.1 Å². The van der Waals surface area contributed by atoms with Crippen LogP contribution in [0.2, 0.25) is 0 Å². The molecule has 0 aromatic heterocycles. The van der Waals surface area contributed by atoms with Gasteiger partial charge in [0.25, 0.3) is 0 Å². The Balaban J connectivity index is 4.18. The lowest BCUT2D eigenvalue weighted by Crippen LogP contribution is -2.30. The summed E-state index contributed by atoms with van der Waals surface area (Å²) in [5, 5.41) is 0. The van der Waals surface area contributed by atoms with E-state index in [1.807, 2.05) is 0 Å². The van der Waals surface area contributed by atoms with E-state index in [0.717, 1.165) is 122 Å². The van der Waals surface area contributed by atoms with Crippen molar-refractivity contribution in [3.05, 3.63) is 97.2 Å². The van der Waals surface area contributed by atoms with Crippen LogP contribution in [0.25, 0.3) is 0 Å². The normalized spacial score (nSPS) is 12.7. The molecule has 478 valence electrons. The summed E-state index contributed by atoms with van der Waals surface area (Å²) in [4.78, 5) is 38.4. The predicted molar refractivity (Wildman–Crippen MR) is 362 cm³/mol. The maximum Gasteiger partial charge on any atom is 0.306 e. The van der Waals surface area contributed by atoms with Gasteiger partial charge in [0, 0.05) is 19.3 Å². The first-order valence-corrected chi connectivity index (χ1v) is 35.7. The molecule has 0 spiro atoms. The fraction of sp³-hybridized carbons (Fsp3) is 0.753. The molecule has 0 bridgehead atoms. The molecule has 0 fully saturated rings.